The van der Waals surface area contributed by atoms with Crippen LogP contribution in [0.4, 0.5) is 4.39 Å². The van der Waals surface area contributed by atoms with Crippen LogP contribution in [0.2, 0.25) is 0 Å². The molecular formula is C14H15FN2O3. The van der Waals surface area contributed by atoms with Gasteiger partial charge in [-0.2, -0.15) is 0 Å². The first kappa shape index (κ1) is 14.2. The maximum atomic E-state index is 13.1. The quantitative estimate of drug-likeness (QED) is 0.823. The van der Waals surface area contributed by atoms with Gasteiger partial charge in [0.1, 0.15) is 11.5 Å². The lowest BCUT2D eigenvalue weighted by molar-refractivity contribution is 0.0912. The highest BCUT2D eigenvalue weighted by molar-refractivity contribution is 5.92. The fourth-order valence-corrected chi connectivity index (χ4v) is 1.67. The van der Waals surface area contributed by atoms with Crippen molar-refractivity contribution in [2.24, 2.45) is 0 Å². The highest BCUT2D eigenvalue weighted by Crippen LogP contribution is 2.19. The summed E-state index contributed by atoms with van der Waals surface area (Å²) in [7, 11) is 1.60. The number of rotatable bonds is 6. The molecule has 0 fully saturated rings. The molecule has 1 heterocycles. The number of nitrogens with zero attached hydrogens (tertiary/aromatic N) is 1. The van der Waals surface area contributed by atoms with E-state index < -0.39 is 0 Å². The van der Waals surface area contributed by atoms with Crippen LogP contribution >= 0.6 is 0 Å². The van der Waals surface area contributed by atoms with Crippen molar-refractivity contribution in [1.29, 1.82) is 0 Å². The molecule has 0 bridgehead atoms. The number of benzene rings is 1. The van der Waals surface area contributed by atoms with E-state index in [-0.39, 0.29) is 17.5 Å². The van der Waals surface area contributed by atoms with Gasteiger partial charge in [-0.25, -0.2) is 4.39 Å². The van der Waals surface area contributed by atoms with Crippen LogP contribution < -0.4 is 5.32 Å². The number of aromatic nitrogens is 1. The zero-order chi connectivity index (χ0) is 14.4. The van der Waals surface area contributed by atoms with Crippen molar-refractivity contribution in [3.8, 4) is 11.3 Å². The summed E-state index contributed by atoms with van der Waals surface area (Å²) in [5.41, 5.74) is 0.985. The van der Waals surface area contributed by atoms with E-state index in [1.165, 1.54) is 18.2 Å². The van der Waals surface area contributed by atoms with E-state index in [2.05, 4.69) is 10.5 Å². The van der Waals surface area contributed by atoms with Gasteiger partial charge in [0.05, 0.1) is 0 Å². The molecule has 6 heteroatoms. The first-order chi connectivity index (χ1) is 9.70. The van der Waals surface area contributed by atoms with Gasteiger partial charge in [-0.15, -0.1) is 0 Å². The Morgan fingerprint density at radius 1 is 1.45 bits per heavy atom. The summed E-state index contributed by atoms with van der Waals surface area (Å²) in [5.74, 6) is -0.617. The lowest BCUT2D eigenvalue weighted by Crippen LogP contribution is -2.24. The van der Waals surface area contributed by atoms with Gasteiger partial charge < -0.3 is 14.6 Å². The Hall–Kier alpha value is -2.21. The molecule has 2 rings (SSSR count). The van der Waals surface area contributed by atoms with Gasteiger partial charge in [-0.1, -0.05) is 17.3 Å². The van der Waals surface area contributed by atoms with E-state index in [9.17, 15) is 9.18 Å². The molecule has 20 heavy (non-hydrogen) atoms. The van der Waals surface area contributed by atoms with Crippen LogP contribution in [0.25, 0.3) is 11.3 Å². The molecule has 106 valence electrons. The van der Waals surface area contributed by atoms with Crippen LogP contribution in [0, 0.1) is 5.82 Å². The fraction of sp³-hybridized carbons (Fsp3) is 0.286. The van der Waals surface area contributed by atoms with Crippen molar-refractivity contribution in [3.05, 3.63) is 41.9 Å². The van der Waals surface area contributed by atoms with E-state index in [0.717, 1.165) is 0 Å². The summed E-state index contributed by atoms with van der Waals surface area (Å²) in [5, 5.41) is 6.45. The van der Waals surface area contributed by atoms with Gasteiger partial charge >= 0.3 is 0 Å². The molecule has 0 aliphatic rings. The van der Waals surface area contributed by atoms with Crippen molar-refractivity contribution in [2.45, 2.75) is 6.42 Å². The predicted octanol–water partition coefficient (Wildman–Crippen LogP) is 2.25. The number of hydrogen-bond acceptors (Lipinski definition) is 4. The Morgan fingerprint density at radius 2 is 2.30 bits per heavy atom. The molecule has 1 aromatic heterocycles. The molecule has 0 aliphatic heterocycles. The second-order valence-electron chi connectivity index (χ2n) is 4.19. The monoisotopic (exact) mass is 278 g/mol. The van der Waals surface area contributed by atoms with Crippen LogP contribution in [-0.2, 0) is 4.74 Å². The molecule has 0 atom stereocenters. The van der Waals surface area contributed by atoms with Gasteiger partial charge in [0.25, 0.3) is 5.91 Å². The van der Waals surface area contributed by atoms with E-state index in [1.54, 1.807) is 19.2 Å². The minimum absolute atomic E-state index is 0.0988. The van der Waals surface area contributed by atoms with Crippen molar-refractivity contribution < 1.29 is 18.4 Å². The molecule has 5 nitrogen and oxygen atoms in total. The maximum absolute atomic E-state index is 13.1. The highest BCUT2D eigenvalue weighted by atomic mass is 19.1. The van der Waals surface area contributed by atoms with E-state index in [0.29, 0.717) is 30.8 Å². The third kappa shape index (κ3) is 3.64. The summed E-state index contributed by atoms with van der Waals surface area (Å²) < 4.78 is 22.9. The maximum Gasteiger partial charge on any atom is 0.289 e. The summed E-state index contributed by atoms with van der Waals surface area (Å²) in [6, 6.07) is 7.43. The van der Waals surface area contributed by atoms with Crippen LogP contribution in [-0.4, -0.2) is 31.3 Å². The summed E-state index contributed by atoms with van der Waals surface area (Å²) in [6.07, 6.45) is 0.715. The van der Waals surface area contributed by atoms with Crippen LogP contribution in [0.3, 0.4) is 0 Å². The standard InChI is InChI=1S/C14H15FN2O3/c1-19-7-3-6-16-14(18)13-9-12(17-20-13)10-4-2-5-11(15)8-10/h2,4-5,8-9H,3,6-7H2,1H3,(H,16,18). The van der Waals surface area contributed by atoms with Gasteiger partial charge in [0.2, 0.25) is 5.76 Å². The van der Waals surface area contributed by atoms with Gasteiger partial charge in [-0.05, 0) is 18.6 Å². The van der Waals surface area contributed by atoms with E-state index in [1.807, 2.05) is 0 Å². The predicted molar refractivity (Wildman–Crippen MR) is 70.7 cm³/mol. The number of methoxy groups -OCH3 is 1. The Balaban J connectivity index is 2.00. The van der Waals surface area contributed by atoms with E-state index >= 15 is 0 Å². The number of ether oxygens (including phenoxy) is 1. The number of halogens is 1. The molecule has 0 radical (unpaired) electrons. The molecule has 0 saturated carbocycles. The molecule has 1 N–H and O–H groups in total. The Morgan fingerprint density at radius 3 is 3.05 bits per heavy atom. The van der Waals surface area contributed by atoms with Crippen molar-refractivity contribution in [1.82, 2.24) is 10.5 Å². The largest absolute Gasteiger partial charge is 0.385 e. The average molecular weight is 278 g/mol. The zero-order valence-electron chi connectivity index (χ0n) is 11.1. The number of hydrogen-bond donors (Lipinski definition) is 1. The Bertz CT molecular complexity index is 583. The van der Waals surface area contributed by atoms with Gasteiger partial charge in [-0.3, -0.25) is 4.79 Å². The summed E-state index contributed by atoms with van der Waals surface area (Å²) in [4.78, 5) is 11.8. The molecule has 2 aromatic rings. The number of nitrogens with one attached hydrogen (secondary N) is 1. The molecule has 0 aliphatic carbocycles. The molecule has 1 aromatic carbocycles. The van der Waals surface area contributed by atoms with E-state index in [4.69, 9.17) is 9.26 Å². The van der Waals surface area contributed by atoms with Gasteiger partial charge in [0, 0.05) is 31.9 Å². The van der Waals surface area contributed by atoms with Crippen molar-refractivity contribution >= 4 is 5.91 Å². The highest BCUT2D eigenvalue weighted by Gasteiger charge is 2.13. The lowest BCUT2D eigenvalue weighted by atomic mass is 10.1. The van der Waals surface area contributed by atoms with Gasteiger partial charge in [0.15, 0.2) is 0 Å². The SMILES string of the molecule is COCCCNC(=O)c1cc(-c2cccc(F)c2)no1. The second-order valence-corrected chi connectivity index (χ2v) is 4.19. The summed E-state index contributed by atoms with van der Waals surface area (Å²) in [6.45, 7) is 1.06. The zero-order valence-corrected chi connectivity index (χ0v) is 11.1. The fourth-order valence-electron chi connectivity index (χ4n) is 1.67. The smallest absolute Gasteiger partial charge is 0.289 e. The first-order valence-electron chi connectivity index (χ1n) is 6.20. The third-order valence-corrected chi connectivity index (χ3v) is 2.67. The second kappa shape index (κ2) is 6.81. The third-order valence-electron chi connectivity index (χ3n) is 2.67. The molecule has 0 spiro atoms. The topological polar surface area (TPSA) is 64.4 Å². The molecule has 0 saturated heterocycles. The molecule has 0 unspecified atom stereocenters. The molecule has 1 amide bonds. The van der Waals surface area contributed by atoms with Crippen LogP contribution in [0.15, 0.2) is 34.9 Å². The van der Waals surface area contributed by atoms with Crippen LogP contribution in [0.1, 0.15) is 17.0 Å². The van der Waals surface area contributed by atoms with Crippen LogP contribution in [0.5, 0.6) is 0 Å². The number of carbonyl (C=O) groups excluding carboxylic acids is 1. The first-order valence-corrected chi connectivity index (χ1v) is 6.20. The Labute approximate surface area is 115 Å². The molecular weight excluding hydrogens is 263 g/mol. The lowest BCUT2D eigenvalue weighted by Gasteiger charge is -2.01. The Kier molecular flexibility index (Phi) is 4.84. The number of carbonyl (C=O) groups is 1. The number of amides is 1. The minimum atomic E-state index is -0.365. The minimum Gasteiger partial charge on any atom is -0.385 e. The average Bonchev–Trinajstić information content (AvgIpc) is 2.93. The van der Waals surface area contributed by atoms with Crippen molar-refractivity contribution in [2.75, 3.05) is 20.3 Å². The van der Waals surface area contributed by atoms with Crippen molar-refractivity contribution in [3.63, 3.8) is 0 Å². The summed E-state index contributed by atoms with van der Waals surface area (Å²) >= 11 is 0. The normalized spacial score (nSPS) is 10.5.